The quantitative estimate of drug-likeness (QED) is 0.762. The third-order valence-electron chi connectivity index (χ3n) is 3.65. The summed E-state index contributed by atoms with van der Waals surface area (Å²) in [5.74, 6) is -0.492. The van der Waals surface area contributed by atoms with Crippen LogP contribution in [0.4, 0.5) is 10.5 Å². The monoisotopic (exact) mass is 347 g/mol. The molecule has 25 heavy (non-hydrogen) atoms. The summed E-state index contributed by atoms with van der Waals surface area (Å²) in [4.78, 5) is 36.2. The van der Waals surface area contributed by atoms with Gasteiger partial charge in [-0.2, -0.15) is 0 Å². The number of hydrogen-bond donors (Lipinski definition) is 3. The van der Waals surface area contributed by atoms with Crippen molar-refractivity contribution in [1.82, 2.24) is 10.6 Å². The molecule has 3 amide bonds. The molecule has 0 unspecified atom stereocenters. The molecule has 3 N–H and O–H groups in total. The second-order valence-electron chi connectivity index (χ2n) is 7.03. The zero-order chi connectivity index (χ0) is 18.6. The first-order valence-corrected chi connectivity index (χ1v) is 8.41. The summed E-state index contributed by atoms with van der Waals surface area (Å²) in [6.45, 7) is 7.71. The molecule has 1 aromatic rings. The van der Waals surface area contributed by atoms with Gasteiger partial charge < -0.3 is 20.7 Å². The van der Waals surface area contributed by atoms with Gasteiger partial charge in [-0.3, -0.25) is 9.59 Å². The van der Waals surface area contributed by atoms with Crippen LogP contribution in [0.5, 0.6) is 0 Å². The zero-order valence-corrected chi connectivity index (χ0v) is 15.1. The predicted molar refractivity (Wildman–Crippen MR) is 94.3 cm³/mol. The third kappa shape index (κ3) is 5.20. The van der Waals surface area contributed by atoms with Crippen LogP contribution in [0, 0.1) is 0 Å². The lowest BCUT2D eigenvalue weighted by atomic mass is 10.1. The van der Waals surface area contributed by atoms with Gasteiger partial charge in [-0.25, -0.2) is 4.79 Å². The highest BCUT2D eigenvalue weighted by Gasteiger charge is 2.25. The van der Waals surface area contributed by atoms with Gasteiger partial charge in [0, 0.05) is 17.8 Å². The maximum absolute atomic E-state index is 12.5. The summed E-state index contributed by atoms with van der Waals surface area (Å²) < 4.78 is 5.21. The van der Waals surface area contributed by atoms with E-state index in [0.29, 0.717) is 24.2 Å². The van der Waals surface area contributed by atoms with E-state index in [0.717, 1.165) is 12.0 Å². The van der Waals surface area contributed by atoms with E-state index in [2.05, 4.69) is 16.0 Å². The Morgan fingerprint density at radius 2 is 2.04 bits per heavy atom. The number of benzene rings is 1. The smallest absolute Gasteiger partial charge is 0.408 e. The molecule has 0 aliphatic carbocycles. The second kappa shape index (κ2) is 7.55. The molecule has 7 nitrogen and oxygen atoms in total. The number of fused-ring (bicyclic) bond motifs is 1. The van der Waals surface area contributed by atoms with Crippen LogP contribution in [0.25, 0.3) is 0 Å². The van der Waals surface area contributed by atoms with Crippen molar-refractivity contribution in [3.05, 3.63) is 29.3 Å². The SMILES string of the molecule is CCC[C@H](NC(=O)OC(C)(C)C)C(=O)Nc1ccc2c(c1)C(=O)NC2. The lowest BCUT2D eigenvalue weighted by Gasteiger charge is -2.23. The Morgan fingerprint density at radius 1 is 1.32 bits per heavy atom. The molecule has 1 atom stereocenters. The van der Waals surface area contributed by atoms with Crippen LogP contribution in [0.1, 0.15) is 56.5 Å². The topological polar surface area (TPSA) is 96.5 Å². The highest BCUT2D eigenvalue weighted by Crippen LogP contribution is 2.20. The Labute approximate surface area is 147 Å². The lowest BCUT2D eigenvalue weighted by molar-refractivity contribution is -0.118. The molecule has 0 saturated heterocycles. The van der Waals surface area contributed by atoms with E-state index in [1.54, 1.807) is 39.0 Å². The van der Waals surface area contributed by atoms with Crippen molar-refractivity contribution >= 4 is 23.6 Å². The van der Waals surface area contributed by atoms with Crippen molar-refractivity contribution in [3.8, 4) is 0 Å². The van der Waals surface area contributed by atoms with Crippen LogP contribution < -0.4 is 16.0 Å². The summed E-state index contributed by atoms with van der Waals surface area (Å²) in [6.07, 6.45) is 0.575. The highest BCUT2D eigenvalue weighted by molar-refractivity contribution is 6.01. The van der Waals surface area contributed by atoms with Gasteiger partial charge in [0.05, 0.1) is 0 Å². The minimum atomic E-state index is -0.707. The van der Waals surface area contributed by atoms with Crippen molar-refractivity contribution in [2.24, 2.45) is 0 Å². The third-order valence-corrected chi connectivity index (χ3v) is 3.65. The maximum Gasteiger partial charge on any atom is 0.408 e. The average Bonchev–Trinajstić information content (AvgIpc) is 2.86. The van der Waals surface area contributed by atoms with Crippen molar-refractivity contribution in [2.45, 2.75) is 58.7 Å². The predicted octanol–water partition coefficient (Wildman–Crippen LogP) is 2.56. The minimum absolute atomic E-state index is 0.150. The number of carbonyl (C=O) groups excluding carboxylic acids is 3. The molecule has 0 spiro atoms. The molecular weight excluding hydrogens is 322 g/mol. The van der Waals surface area contributed by atoms with Crippen LogP contribution >= 0.6 is 0 Å². The molecule has 136 valence electrons. The van der Waals surface area contributed by atoms with Crippen molar-refractivity contribution in [3.63, 3.8) is 0 Å². The van der Waals surface area contributed by atoms with Gasteiger partial charge in [0.1, 0.15) is 11.6 Å². The molecule has 2 rings (SSSR count). The highest BCUT2D eigenvalue weighted by atomic mass is 16.6. The summed E-state index contributed by atoms with van der Waals surface area (Å²) in [5, 5.41) is 8.09. The fraction of sp³-hybridized carbons (Fsp3) is 0.500. The van der Waals surface area contributed by atoms with Gasteiger partial charge in [-0.1, -0.05) is 19.4 Å². The first kappa shape index (κ1) is 18.8. The molecule has 0 bridgehead atoms. The Balaban J connectivity index is 2.04. The van der Waals surface area contributed by atoms with Crippen molar-refractivity contribution < 1.29 is 19.1 Å². The van der Waals surface area contributed by atoms with Crippen LogP contribution in [0.2, 0.25) is 0 Å². The first-order chi connectivity index (χ1) is 11.7. The standard InChI is InChI=1S/C18H25N3O4/c1-5-6-14(21-17(24)25-18(2,3)4)16(23)20-12-8-7-11-10-19-15(22)13(11)9-12/h7-9,14H,5-6,10H2,1-4H3,(H,19,22)(H,20,23)(H,21,24)/t14-/m0/s1. The largest absolute Gasteiger partial charge is 0.444 e. The summed E-state index contributed by atoms with van der Waals surface area (Å²) in [6, 6.07) is 4.49. The van der Waals surface area contributed by atoms with E-state index in [9.17, 15) is 14.4 Å². The first-order valence-electron chi connectivity index (χ1n) is 8.41. The molecule has 0 radical (unpaired) electrons. The number of anilines is 1. The van der Waals surface area contributed by atoms with Gasteiger partial charge >= 0.3 is 6.09 Å². The van der Waals surface area contributed by atoms with E-state index in [1.807, 2.05) is 6.92 Å². The average molecular weight is 347 g/mol. The number of nitrogens with one attached hydrogen (secondary N) is 3. The number of rotatable bonds is 5. The maximum atomic E-state index is 12.5. The number of carbonyl (C=O) groups is 3. The number of ether oxygens (including phenoxy) is 1. The van der Waals surface area contributed by atoms with Gasteiger partial charge in [0.2, 0.25) is 5.91 Å². The Morgan fingerprint density at radius 3 is 2.68 bits per heavy atom. The van der Waals surface area contributed by atoms with E-state index in [-0.39, 0.29) is 11.8 Å². The lowest BCUT2D eigenvalue weighted by Crippen LogP contribution is -2.45. The second-order valence-corrected chi connectivity index (χ2v) is 7.03. The zero-order valence-electron chi connectivity index (χ0n) is 15.1. The van der Waals surface area contributed by atoms with Crippen LogP contribution in [0.15, 0.2) is 18.2 Å². The molecular formula is C18H25N3O4. The summed E-state index contributed by atoms with van der Waals surface area (Å²) in [5.41, 5.74) is 1.35. The minimum Gasteiger partial charge on any atom is -0.444 e. The van der Waals surface area contributed by atoms with E-state index in [4.69, 9.17) is 4.74 Å². The van der Waals surface area contributed by atoms with Crippen molar-refractivity contribution in [1.29, 1.82) is 0 Å². The fourth-order valence-corrected chi connectivity index (χ4v) is 2.53. The molecule has 7 heteroatoms. The normalized spacial score (nSPS) is 14.3. The van der Waals surface area contributed by atoms with Crippen molar-refractivity contribution in [2.75, 3.05) is 5.32 Å². The van der Waals surface area contributed by atoms with Crippen LogP contribution in [-0.2, 0) is 16.1 Å². The van der Waals surface area contributed by atoms with E-state index < -0.39 is 17.7 Å². The van der Waals surface area contributed by atoms with Gasteiger partial charge in [0.25, 0.3) is 5.91 Å². The van der Waals surface area contributed by atoms with Crippen LogP contribution in [0.3, 0.4) is 0 Å². The molecule has 1 aliphatic rings. The Bertz CT molecular complexity index is 679. The Hall–Kier alpha value is -2.57. The summed E-state index contributed by atoms with van der Waals surface area (Å²) in [7, 11) is 0. The van der Waals surface area contributed by atoms with E-state index in [1.165, 1.54) is 0 Å². The molecule has 1 aromatic carbocycles. The summed E-state index contributed by atoms with van der Waals surface area (Å²) >= 11 is 0. The number of amides is 3. The van der Waals surface area contributed by atoms with Crippen LogP contribution in [-0.4, -0.2) is 29.6 Å². The fourth-order valence-electron chi connectivity index (χ4n) is 2.53. The molecule has 0 saturated carbocycles. The van der Waals surface area contributed by atoms with E-state index >= 15 is 0 Å². The van der Waals surface area contributed by atoms with Gasteiger partial charge in [-0.15, -0.1) is 0 Å². The number of hydrogen-bond acceptors (Lipinski definition) is 4. The Kier molecular flexibility index (Phi) is 5.66. The number of alkyl carbamates (subject to hydrolysis) is 1. The molecule has 1 heterocycles. The van der Waals surface area contributed by atoms with Gasteiger partial charge in [0.15, 0.2) is 0 Å². The molecule has 0 fully saturated rings. The molecule has 0 aromatic heterocycles. The molecule has 1 aliphatic heterocycles. The van der Waals surface area contributed by atoms with Gasteiger partial charge in [-0.05, 0) is 44.9 Å².